The molecule has 21 heteroatoms. The minimum absolute atomic E-state index is 0.0140. The molecule has 4 aromatic carbocycles. The number of hydrogen-bond acceptors (Lipinski definition) is 15. The molecular weight excluding hydrogens is 1330 g/mol. The van der Waals surface area contributed by atoms with Gasteiger partial charge in [-0.25, -0.2) is 26.3 Å². The normalized spacial score (nSPS) is 34.6. The summed E-state index contributed by atoms with van der Waals surface area (Å²) < 4.78 is 87.9. The van der Waals surface area contributed by atoms with Crippen molar-refractivity contribution >= 4 is 66.4 Å². The molecule has 5 aliphatic heterocycles. The van der Waals surface area contributed by atoms with Crippen LogP contribution in [-0.4, -0.2) is 150 Å². The molecule has 5 heterocycles. The van der Waals surface area contributed by atoms with Gasteiger partial charge in [-0.2, -0.15) is 0 Å². The number of nitrogens with zero attached hydrogens (tertiary/aromatic N) is 3. The number of carbonyl (C=O) groups is 2. The van der Waals surface area contributed by atoms with E-state index in [2.05, 4.69) is 66.3 Å². The predicted octanol–water partition coefficient (Wildman–Crippen LogP) is 11.6. The Morgan fingerprint density at radius 3 is 1.86 bits per heavy atom. The number of morpholine rings is 1. The molecular formula is C78H99Cl2N5O12S2. The third-order valence-corrected chi connectivity index (χ3v) is 28.9. The van der Waals surface area contributed by atoms with E-state index in [1.807, 2.05) is 52.0 Å². The van der Waals surface area contributed by atoms with Crippen molar-refractivity contribution in [2.75, 3.05) is 82.5 Å². The van der Waals surface area contributed by atoms with Gasteiger partial charge in [0.2, 0.25) is 20.0 Å². The van der Waals surface area contributed by atoms with E-state index in [-0.39, 0.29) is 58.7 Å². The fourth-order valence-corrected chi connectivity index (χ4v) is 20.9. The lowest BCUT2D eigenvalue weighted by Gasteiger charge is -2.52. The fraction of sp³-hybridized carbons (Fsp3) is 0.590. The van der Waals surface area contributed by atoms with Gasteiger partial charge in [-0.3, -0.25) is 14.5 Å². The Morgan fingerprint density at radius 2 is 1.27 bits per heavy atom. The lowest BCUT2D eigenvalue weighted by atomic mass is 9.62. The van der Waals surface area contributed by atoms with Gasteiger partial charge < -0.3 is 39.0 Å². The second-order valence-electron chi connectivity index (χ2n) is 31.1. The van der Waals surface area contributed by atoms with Crippen molar-refractivity contribution in [2.24, 2.45) is 47.3 Å². The lowest BCUT2D eigenvalue weighted by molar-refractivity contribution is -0.103. The second kappa shape index (κ2) is 28.5. The summed E-state index contributed by atoms with van der Waals surface area (Å²) in [6.45, 7) is 16.5. The van der Waals surface area contributed by atoms with Crippen molar-refractivity contribution in [3.63, 3.8) is 0 Å². The zero-order chi connectivity index (χ0) is 70.0. The van der Waals surface area contributed by atoms with Crippen LogP contribution in [-0.2, 0) is 53.2 Å². The summed E-state index contributed by atoms with van der Waals surface area (Å²) in [5.74, 6) is 5.92. The van der Waals surface area contributed by atoms with Gasteiger partial charge in [0.25, 0.3) is 11.8 Å². The number of amides is 2. The summed E-state index contributed by atoms with van der Waals surface area (Å²) >= 11 is 13.5. The number of sulfonamides is 2. The van der Waals surface area contributed by atoms with E-state index in [1.54, 1.807) is 63.4 Å². The topological polar surface area (TPSA) is 214 Å². The molecule has 0 radical (unpaired) electrons. The smallest absolute Gasteiger partial charge is 0.264 e. The quantitative estimate of drug-likeness (QED) is 0.100. The van der Waals surface area contributed by atoms with Gasteiger partial charge in [-0.05, 0) is 215 Å². The van der Waals surface area contributed by atoms with E-state index in [0.29, 0.717) is 131 Å². The number of rotatable bonds is 7. The van der Waals surface area contributed by atoms with E-state index in [9.17, 15) is 36.6 Å². The van der Waals surface area contributed by atoms with Crippen LogP contribution in [0.5, 0.6) is 11.5 Å². The highest BCUT2D eigenvalue weighted by atomic mass is 35.5. The molecule has 2 unspecified atom stereocenters. The van der Waals surface area contributed by atoms with Crippen LogP contribution in [0.25, 0.3) is 0 Å². The Balaban J connectivity index is 0.770. The summed E-state index contributed by atoms with van der Waals surface area (Å²) in [6.07, 6.45) is 16.2. The minimum Gasteiger partial charge on any atom is -0.490 e. The van der Waals surface area contributed by atoms with Gasteiger partial charge in [0.15, 0.2) is 0 Å². The number of methoxy groups -OCH3 is 1. The van der Waals surface area contributed by atoms with Gasteiger partial charge in [0.05, 0.1) is 59.5 Å². The van der Waals surface area contributed by atoms with Gasteiger partial charge in [-0.1, -0.05) is 93.1 Å². The van der Waals surface area contributed by atoms with Crippen LogP contribution >= 0.6 is 23.2 Å². The molecule has 17 nitrogen and oxygen atoms in total. The first kappa shape index (κ1) is 71.7. The molecule has 3 fully saturated rings. The largest absolute Gasteiger partial charge is 0.490 e. The highest BCUT2D eigenvalue weighted by Crippen LogP contribution is 2.53. The first-order chi connectivity index (χ1) is 47.2. The van der Waals surface area contributed by atoms with Gasteiger partial charge in [0.1, 0.15) is 17.1 Å². The van der Waals surface area contributed by atoms with Gasteiger partial charge in [0, 0.05) is 104 Å². The number of nitrogens with one attached hydrogen (secondary N) is 2. The van der Waals surface area contributed by atoms with Crippen LogP contribution < -0.4 is 28.7 Å². The third kappa shape index (κ3) is 14.5. The maximum Gasteiger partial charge on any atom is 0.264 e. The first-order valence-corrected chi connectivity index (χ1v) is 39.9. The van der Waals surface area contributed by atoms with Crippen molar-refractivity contribution in [3.05, 3.63) is 141 Å². The summed E-state index contributed by atoms with van der Waals surface area (Å²) in [5.41, 5.74) is 3.16. The molecule has 99 heavy (non-hydrogen) atoms. The molecule has 13 rings (SSSR count). The zero-order valence-electron chi connectivity index (χ0n) is 58.3. The number of carbonyl (C=O) groups excluding carboxylic acids is 2. The molecule has 9 aliphatic rings. The number of aryl methyl sites for hydroxylation is 1. The lowest BCUT2D eigenvalue weighted by Crippen LogP contribution is -2.55. The number of hydrogen-bond donors (Lipinski definition) is 4. The summed E-state index contributed by atoms with van der Waals surface area (Å²) in [6, 6.07) is 22.8. The van der Waals surface area contributed by atoms with Crippen molar-refractivity contribution < 1.29 is 55.6 Å². The van der Waals surface area contributed by atoms with Crippen LogP contribution in [0.2, 0.25) is 10.0 Å². The minimum atomic E-state index is -4.12. The molecule has 2 amide bonds. The van der Waals surface area contributed by atoms with Crippen LogP contribution in [0, 0.1) is 59.2 Å². The van der Waals surface area contributed by atoms with E-state index in [1.165, 1.54) is 11.1 Å². The molecule has 0 aromatic heterocycles. The Morgan fingerprint density at radius 1 is 0.707 bits per heavy atom. The second-order valence-corrected chi connectivity index (χ2v) is 36.1. The summed E-state index contributed by atoms with van der Waals surface area (Å²) in [4.78, 5) is 35.2. The van der Waals surface area contributed by atoms with Crippen molar-refractivity contribution in [2.45, 2.75) is 170 Å². The molecule has 2 saturated carbocycles. The zero-order valence-corrected chi connectivity index (χ0v) is 61.5. The number of benzene rings is 4. The summed E-state index contributed by atoms with van der Waals surface area (Å²) in [5, 5.41) is 24.3. The molecule has 4 aromatic rings. The van der Waals surface area contributed by atoms with Crippen LogP contribution in [0.1, 0.15) is 155 Å². The monoisotopic (exact) mass is 1430 g/mol. The number of halogens is 2. The number of fused-ring (bicyclic) bond motifs is 8. The molecule has 15 atom stereocenters. The molecule has 4 bridgehead atoms. The van der Waals surface area contributed by atoms with Crippen molar-refractivity contribution in [1.82, 2.24) is 14.3 Å². The Bertz CT molecular complexity index is 4090. The highest BCUT2D eigenvalue weighted by molar-refractivity contribution is 7.91. The van der Waals surface area contributed by atoms with Crippen molar-refractivity contribution in [1.29, 1.82) is 0 Å². The molecule has 534 valence electrons. The van der Waals surface area contributed by atoms with Crippen LogP contribution in [0.3, 0.4) is 0 Å². The number of ether oxygens (including phenoxy) is 4. The molecule has 1 saturated heterocycles. The standard InChI is InChI=1S/C78H99Cl2N5O12S2/c1-49(2)69(86)41-78(94-7)31-11-14-51(4)53(6)99(92,93)82-74(88)56-19-27-71-68(39-56)85(43-58-17-23-66(58)78)46-76(48-97-71)40-60(35-59-37-62(80)21-25-64(59)76)72-44-83(33-34-95-72)32-9-8-29-77(89)30-10-13-50(3)52(5)98(90,91)81-73(87)55-18-26-70-67(38-55)84(42-57-16-22-65(57)77)45-75(47-96-70)28-12-15-54-36-61(79)20-24-63(54)75/h10-11,18-21,24-27,30-31,36-39,49-53,57-58,60,65-66,69,72,86,89H,9,12-17,22-23,28,32-35,40-48H2,1-7H3,(H,81,87)(H,82,88)/b30-10+,31-11+/t50-,51-,52+,53+,57-,58-,60?,65+,66+,69+,72?,75-,76-,77-,78+/m0/s1. The fourth-order valence-electron chi connectivity index (χ4n) is 17.9. The molecule has 4 N–H and O–H groups in total. The van der Waals surface area contributed by atoms with Crippen LogP contribution in [0.4, 0.5) is 11.4 Å². The maximum atomic E-state index is 14.2. The Labute approximate surface area is 596 Å². The van der Waals surface area contributed by atoms with E-state index >= 15 is 0 Å². The molecule has 2 spiro atoms. The Hall–Kier alpha value is -5.66. The maximum absolute atomic E-state index is 14.2. The number of aliphatic hydroxyl groups excluding tert-OH is 1. The third-order valence-electron chi connectivity index (χ3n) is 24.6. The average Bonchev–Trinajstić information content (AvgIpc) is 1.72. The van der Waals surface area contributed by atoms with E-state index in [4.69, 9.17) is 42.1 Å². The Kier molecular flexibility index (Phi) is 20.7. The SMILES string of the molecule is CO[C@@]1(C[C@@H](O)C(C)C)/C=C/C[C@H](C)[C@@H](C)S(=O)(=O)NC(=O)c2ccc3c(c2)N(C[C@@H]2CC[C@H]21)C[C@]1(CO3)CC(C2CN(CCC#C[C@]3(O)/C=C/C[C@H](C)[C@@H](C)S(=O)(=O)NC(=O)c4ccc5c(c4)N(C[C@@H]4CC[C@H]43)C[C@@]3(CCCc4cc(Cl)ccc43)CO5)CCO2)Cc2cc(Cl)ccc21. The van der Waals surface area contributed by atoms with Crippen LogP contribution in [0.15, 0.2) is 97.1 Å². The number of aliphatic hydroxyl groups is 2. The van der Waals surface area contributed by atoms with Gasteiger partial charge in [-0.15, -0.1) is 0 Å². The predicted molar refractivity (Wildman–Crippen MR) is 388 cm³/mol. The van der Waals surface area contributed by atoms with Gasteiger partial charge >= 0.3 is 0 Å². The number of anilines is 2. The first-order valence-electron chi connectivity index (χ1n) is 36.1. The van der Waals surface area contributed by atoms with E-state index < -0.39 is 76.4 Å². The highest BCUT2D eigenvalue weighted by Gasteiger charge is 2.53. The van der Waals surface area contributed by atoms with Crippen molar-refractivity contribution in [3.8, 4) is 23.3 Å². The summed E-state index contributed by atoms with van der Waals surface area (Å²) in [7, 11) is -6.50. The number of allylic oxidation sites excluding steroid dienone is 2. The molecule has 4 aliphatic carbocycles. The van der Waals surface area contributed by atoms with E-state index in [0.717, 1.165) is 62.5 Å². The average molecular weight is 1430 g/mol.